The van der Waals surface area contributed by atoms with Gasteiger partial charge >= 0.3 is 0 Å². The molecule has 1 heterocycles. The minimum absolute atomic E-state index is 0.135. The Morgan fingerprint density at radius 1 is 1.28 bits per heavy atom. The molecular formula is C14H11ClFNO. The Morgan fingerprint density at radius 2 is 2.00 bits per heavy atom. The highest BCUT2D eigenvalue weighted by molar-refractivity contribution is 6.34. The van der Waals surface area contributed by atoms with Gasteiger partial charge in [0.1, 0.15) is 11.5 Å². The lowest BCUT2D eigenvalue weighted by molar-refractivity contribution is 0.103. The average molecular weight is 264 g/mol. The number of pyridine rings is 1. The van der Waals surface area contributed by atoms with Crippen molar-refractivity contribution < 1.29 is 9.18 Å². The fraction of sp³-hybridized carbons (Fsp3) is 0.143. The zero-order valence-electron chi connectivity index (χ0n) is 10.00. The molecule has 0 atom stereocenters. The van der Waals surface area contributed by atoms with Crippen molar-refractivity contribution in [1.29, 1.82) is 0 Å². The average Bonchev–Trinajstić information content (AvgIpc) is 2.31. The van der Waals surface area contributed by atoms with Crippen LogP contribution in [-0.2, 0) is 0 Å². The molecule has 2 aromatic rings. The third-order valence-corrected chi connectivity index (χ3v) is 2.93. The molecule has 0 saturated carbocycles. The molecule has 0 radical (unpaired) electrons. The summed E-state index contributed by atoms with van der Waals surface area (Å²) in [5.41, 5.74) is 2.15. The summed E-state index contributed by atoms with van der Waals surface area (Å²) in [5.74, 6) is -0.857. The molecule has 1 aromatic carbocycles. The summed E-state index contributed by atoms with van der Waals surface area (Å²) in [6.45, 7) is 3.68. The minimum Gasteiger partial charge on any atom is -0.287 e. The molecule has 0 saturated heterocycles. The van der Waals surface area contributed by atoms with Crippen molar-refractivity contribution in [3.8, 4) is 0 Å². The van der Waals surface area contributed by atoms with Gasteiger partial charge in [0.25, 0.3) is 0 Å². The molecule has 0 aliphatic carbocycles. The first-order valence-electron chi connectivity index (χ1n) is 5.42. The molecule has 92 valence electrons. The second kappa shape index (κ2) is 4.86. The van der Waals surface area contributed by atoms with E-state index in [2.05, 4.69) is 4.98 Å². The molecule has 0 bridgehead atoms. The Bertz CT molecular complexity index is 625. The number of carbonyl (C=O) groups is 1. The molecule has 2 nitrogen and oxygen atoms in total. The molecule has 0 unspecified atom stereocenters. The van der Waals surface area contributed by atoms with Crippen LogP contribution in [0.2, 0.25) is 5.02 Å². The Labute approximate surface area is 109 Å². The molecule has 18 heavy (non-hydrogen) atoms. The van der Waals surface area contributed by atoms with Crippen LogP contribution in [0.5, 0.6) is 0 Å². The van der Waals surface area contributed by atoms with E-state index >= 15 is 0 Å². The highest BCUT2D eigenvalue weighted by atomic mass is 35.5. The maximum Gasteiger partial charge on any atom is 0.213 e. The Kier molecular flexibility index (Phi) is 3.43. The number of carbonyl (C=O) groups excluding carboxylic acids is 1. The van der Waals surface area contributed by atoms with Gasteiger partial charge < -0.3 is 0 Å². The van der Waals surface area contributed by atoms with Crippen molar-refractivity contribution in [2.75, 3.05) is 0 Å². The van der Waals surface area contributed by atoms with Gasteiger partial charge in [0.2, 0.25) is 5.78 Å². The van der Waals surface area contributed by atoms with Gasteiger partial charge in [0.05, 0.1) is 5.02 Å². The Morgan fingerprint density at radius 3 is 2.67 bits per heavy atom. The summed E-state index contributed by atoms with van der Waals surface area (Å²) in [7, 11) is 0. The first kappa shape index (κ1) is 12.7. The molecule has 0 fully saturated rings. The monoisotopic (exact) mass is 263 g/mol. The van der Waals surface area contributed by atoms with E-state index < -0.39 is 5.82 Å². The molecule has 4 heteroatoms. The van der Waals surface area contributed by atoms with Crippen molar-refractivity contribution in [2.45, 2.75) is 13.8 Å². The van der Waals surface area contributed by atoms with Crippen LogP contribution in [0.25, 0.3) is 0 Å². The molecule has 0 spiro atoms. The summed E-state index contributed by atoms with van der Waals surface area (Å²) in [4.78, 5) is 16.3. The van der Waals surface area contributed by atoms with E-state index in [1.165, 1.54) is 12.1 Å². The van der Waals surface area contributed by atoms with Crippen LogP contribution in [0.15, 0.2) is 30.5 Å². The van der Waals surface area contributed by atoms with Crippen molar-refractivity contribution in [3.63, 3.8) is 0 Å². The smallest absolute Gasteiger partial charge is 0.213 e. The molecule has 2 rings (SSSR count). The van der Waals surface area contributed by atoms with Crippen molar-refractivity contribution in [2.24, 2.45) is 0 Å². The molecular weight excluding hydrogens is 253 g/mol. The van der Waals surface area contributed by atoms with Crippen LogP contribution in [0.3, 0.4) is 0 Å². The number of aromatic nitrogens is 1. The van der Waals surface area contributed by atoms with Crippen molar-refractivity contribution in [3.05, 3.63) is 63.7 Å². The summed E-state index contributed by atoms with van der Waals surface area (Å²) < 4.78 is 13.2. The first-order valence-corrected chi connectivity index (χ1v) is 5.80. The molecule has 0 aliphatic heterocycles. The lowest BCUT2D eigenvalue weighted by atomic mass is 10.0. The van der Waals surface area contributed by atoms with Crippen LogP contribution in [-0.4, -0.2) is 10.8 Å². The molecule has 0 aliphatic rings. The fourth-order valence-electron chi connectivity index (χ4n) is 1.75. The van der Waals surface area contributed by atoms with Crippen LogP contribution < -0.4 is 0 Å². The quantitative estimate of drug-likeness (QED) is 0.773. The largest absolute Gasteiger partial charge is 0.287 e. The lowest BCUT2D eigenvalue weighted by Crippen LogP contribution is -2.08. The van der Waals surface area contributed by atoms with E-state index in [4.69, 9.17) is 11.6 Å². The van der Waals surface area contributed by atoms with Gasteiger partial charge in [0, 0.05) is 11.8 Å². The fourth-order valence-corrected chi connectivity index (χ4v) is 1.96. The molecule has 0 amide bonds. The standard InChI is InChI=1S/C14H11ClFNO/c1-8-5-9(2)13(17-7-8)14(18)11-6-10(16)3-4-12(11)15/h3-7H,1-2H3. The molecule has 0 N–H and O–H groups in total. The molecule has 1 aromatic heterocycles. The second-order valence-corrected chi connectivity index (χ2v) is 4.54. The number of hydrogen-bond acceptors (Lipinski definition) is 2. The van der Waals surface area contributed by atoms with E-state index in [1.54, 1.807) is 13.1 Å². The van der Waals surface area contributed by atoms with Crippen molar-refractivity contribution >= 4 is 17.4 Å². The van der Waals surface area contributed by atoms with Gasteiger partial charge in [-0.2, -0.15) is 0 Å². The SMILES string of the molecule is Cc1cnc(C(=O)c2cc(F)ccc2Cl)c(C)c1. The number of benzene rings is 1. The van der Waals surface area contributed by atoms with Gasteiger partial charge in [0.15, 0.2) is 0 Å². The summed E-state index contributed by atoms with van der Waals surface area (Å²) >= 11 is 5.91. The third-order valence-electron chi connectivity index (χ3n) is 2.60. The van der Waals surface area contributed by atoms with E-state index in [9.17, 15) is 9.18 Å². The van der Waals surface area contributed by atoms with Crippen molar-refractivity contribution in [1.82, 2.24) is 4.98 Å². The van der Waals surface area contributed by atoms with Gasteiger partial charge in [-0.05, 0) is 43.2 Å². The normalized spacial score (nSPS) is 10.4. The van der Waals surface area contributed by atoms with Gasteiger partial charge in [-0.15, -0.1) is 0 Å². The number of halogens is 2. The van der Waals surface area contributed by atoms with E-state index in [-0.39, 0.29) is 16.4 Å². The maximum absolute atomic E-state index is 13.2. The highest BCUT2D eigenvalue weighted by Gasteiger charge is 2.17. The second-order valence-electron chi connectivity index (χ2n) is 4.13. The zero-order chi connectivity index (χ0) is 13.3. The van der Waals surface area contributed by atoms with Crippen LogP contribution in [0, 0.1) is 19.7 Å². The zero-order valence-corrected chi connectivity index (χ0v) is 10.8. The predicted octanol–water partition coefficient (Wildman–Crippen LogP) is 3.72. The van der Waals surface area contributed by atoms with Gasteiger partial charge in [-0.1, -0.05) is 17.7 Å². The number of rotatable bonds is 2. The number of hydrogen-bond donors (Lipinski definition) is 0. The van der Waals surface area contributed by atoms with Gasteiger partial charge in [-0.3, -0.25) is 9.78 Å². The topological polar surface area (TPSA) is 30.0 Å². The number of nitrogens with zero attached hydrogens (tertiary/aromatic N) is 1. The number of aryl methyl sites for hydroxylation is 2. The highest BCUT2D eigenvalue weighted by Crippen LogP contribution is 2.21. The predicted molar refractivity (Wildman–Crippen MR) is 68.6 cm³/mol. The van der Waals surface area contributed by atoms with E-state index in [1.807, 2.05) is 13.0 Å². The van der Waals surface area contributed by atoms with Crippen LogP contribution >= 0.6 is 11.6 Å². The van der Waals surface area contributed by atoms with E-state index in [0.717, 1.165) is 17.2 Å². The third kappa shape index (κ3) is 2.41. The maximum atomic E-state index is 13.2. The van der Waals surface area contributed by atoms with E-state index in [0.29, 0.717) is 5.69 Å². The van der Waals surface area contributed by atoms with Gasteiger partial charge in [-0.25, -0.2) is 4.39 Å². The Balaban J connectivity index is 2.51. The number of ketones is 1. The summed E-state index contributed by atoms with van der Waals surface area (Å²) in [6.07, 6.45) is 1.60. The first-order chi connectivity index (χ1) is 8.49. The minimum atomic E-state index is -0.493. The van der Waals surface area contributed by atoms with Crippen LogP contribution in [0.4, 0.5) is 4.39 Å². The summed E-state index contributed by atoms with van der Waals surface area (Å²) in [6, 6.07) is 5.57. The Hall–Kier alpha value is -1.74. The van der Waals surface area contributed by atoms with Crippen LogP contribution in [0.1, 0.15) is 27.2 Å². The lowest BCUT2D eigenvalue weighted by Gasteiger charge is -2.06. The summed E-state index contributed by atoms with van der Waals surface area (Å²) in [5, 5.41) is 0.225.